The lowest BCUT2D eigenvalue weighted by atomic mass is 10.3. The smallest absolute Gasteiger partial charge is 0.360 e. The lowest BCUT2D eigenvalue weighted by Gasteiger charge is -2.10. The van der Waals surface area contributed by atoms with E-state index in [1.807, 2.05) is 0 Å². The minimum Gasteiger partial charge on any atom is -0.474 e. The molecule has 0 amide bonds. The Kier molecular flexibility index (Phi) is 2.72. The van der Waals surface area contributed by atoms with E-state index in [-0.39, 0.29) is 6.10 Å². The molecule has 1 heterocycles. The largest absolute Gasteiger partial charge is 0.474 e. The van der Waals surface area contributed by atoms with Gasteiger partial charge in [0.2, 0.25) is 0 Å². The van der Waals surface area contributed by atoms with Gasteiger partial charge < -0.3 is 9.47 Å². The van der Waals surface area contributed by atoms with Crippen LogP contribution in [0.5, 0.6) is 0 Å². The maximum atomic E-state index is 10.9. The third-order valence-corrected chi connectivity index (χ3v) is 1.11. The minimum atomic E-state index is -0.423. The number of ether oxygens (including phenoxy) is 2. The summed E-state index contributed by atoms with van der Waals surface area (Å²) in [5.74, 6) is -0.423. The molecule has 0 aliphatic carbocycles. The molecule has 0 spiro atoms. The molecule has 11 heavy (non-hydrogen) atoms. The van der Waals surface area contributed by atoms with Crippen LogP contribution in [0.15, 0.2) is 24.5 Å². The van der Waals surface area contributed by atoms with Crippen LogP contribution >= 0.6 is 0 Å². The Labute approximate surface area is 65.3 Å². The SMILES string of the molecule is CCOC(=O)[C]1C=CC=CO1. The van der Waals surface area contributed by atoms with Gasteiger partial charge in [-0.1, -0.05) is 6.08 Å². The predicted octanol–water partition coefficient (Wildman–Crippen LogP) is 1.18. The molecule has 0 bridgehead atoms. The highest BCUT2D eigenvalue weighted by Crippen LogP contribution is 2.11. The van der Waals surface area contributed by atoms with Crippen molar-refractivity contribution in [1.82, 2.24) is 0 Å². The van der Waals surface area contributed by atoms with Gasteiger partial charge in [-0.05, 0) is 19.1 Å². The Morgan fingerprint density at radius 3 is 3.00 bits per heavy atom. The zero-order valence-electron chi connectivity index (χ0n) is 6.24. The van der Waals surface area contributed by atoms with E-state index in [4.69, 9.17) is 9.47 Å². The molecule has 3 nitrogen and oxygen atoms in total. The number of allylic oxidation sites excluding steroid dienone is 2. The lowest BCUT2D eigenvalue weighted by Crippen LogP contribution is -2.15. The summed E-state index contributed by atoms with van der Waals surface area (Å²) in [4.78, 5) is 10.9. The van der Waals surface area contributed by atoms with Gasteiger partial charge in [0.15, 0.2) is 0 Å². The maximum absolute atomic E-state index is 10.9. The van der Waals surface area contributed by atoms with Gasteiger partial charge in [0, 0.05) is 0 Å². The Morgan fingerprint density at radius 2 is 2.45 bits per heavy atom. The van der Waals surface area contributed by atoms with E-state index in [9.17, 15) is 4.79 Å². The van der Waals surface area contributed by atoms with Crippen LogP contribution in [-0.2, 0) is 14.3 Å². The quantitative estimate of drug-likeness (QED) is 0.559. The lowest BCUT2D eigenvalue weighted by molar-refractivity contribution is -0.144. The molecular formula is C8H9O3. The monoisotopic (exact) mass is 153 g/mol. The molecule has 59 valence electrons. The van der Waals surface area contributed by atoms with Crippen LogP contribution in [0.3, 0.4) is 0 Å². The zero-order valence-corrected chi connectivity index (χ0v) is 6.24. The molecule has 1 radical (unpaired) electrons. The molecule has 0 unspecified atom stereocenters. The molecule has 1 aliphatic heterocycles. The van der Waals surface area contributed by atoms with E-state index in [1.165, 1.54) is 6.26 Å². The number of esters is 1. The van der Waals surface area contributed by atoms with E-state index in [1.54, 1.807) is 25.2 Å². The highest BCUT2D eigenvalue weighted by Gasteiger charge is 2.19. The summed E-state index contributed by atoms with van der Waals surface area (Å²) in [6.45, 7) is 2.12. The average molecular weight is 153 g/mol. The number of carbonyl (C=O) groups is 1. The maximum Gasteiger partial charge on any atom is 0.360 e. The first kappa shape index (κ1) is 7.85. The van der Waals surface area contributed by atoms with Crippen LogP contribution < -0.4 is 0 Å². The van der Waals surface area contributed by atoms with Crippen molar-refractivity contribution in [2.24, 2.45) is 0 Å². The normalized spacial score (nSPS) is 16.1. The molecule has 0 fully saturated rings. The van der Waals surface area contributed by atoms with E-state index >= 15 is 0 Å². The van der Waals surface area contributed by atoms with Crippen molar-refractivity contribution in [3.05, 3.63) is 30.6 Å². The molecular weight excluding hydrogens is 144 g/mol. The number of rotatable bonds is 2. The fraction of sp³-hybridized carbons (Fsp3) is 0.250. The van der Waals surface area contributed by atoms with E-state index < -0.39 is 5.97 Å². The van der Waals surface area contributed by atoms with Crippen LogP contribution in [-0.4, -0.2) is 12.6 Å². The van der Waals surface area contributed by atoms with Crippen LogP contribution in [0.1, 0.15) is 6.92 Å². The topological polar surface area (TPSA) is 35.5 Å². The van der Waals surface area contributed by atoms with Gasteiger partial charge in [0.05, 0.1) is 12.9 Å². The fourth-order valence-electron chi connectivity index (χ4n) is 0.659. The fourth-order valence-corrected chi connectivity index (χ4v) is 0.659. The van der Waals surface area contributed by atoms with Gasteiger partial charge in [0.1, 0.15) is 0 Å². The highest BCUT2D eigenvalue weighted by molar-refractivity contribution is 5.85. The van der Waals surface area contributed by atoms with Crippen molar-refractivity contribution in [2.45, 2.75) is 6.92 Å². The predicted molar refractivity (Wildman–Crippen MR) is 39.2 cm³/mol. The van der Waals surface area contributed by atoms with Crippen LogP contribution in [0, 0.1) is 6.10 Å². The van der Waals surface area contributed by atoms with Crippen molar-refractivity contribution >= 4 is 5.97 Å². The first-order chi connectivity index (χ1) is 5.34. The summed E-state index contributed by atoms with van der Waals surface area (Å²) < 4.78 is 9.56. The number of carbonyl (C=O) groups excluding carboxylic acids is 1. The van der Waals surface area contributed by atoms with Crippen molar-refractivity contribution in [2.75, 3.05) is 6.61 Å². The second-order valence-electron chi connectivity index (χ2n) is 1.89. The first-order valence-corrected chi connectivity index (χ1v) is 3.38. The van der Waals surface area contributed by atoms with Crippen molar-refractivity contribution in [3.63, 3.8) is 0 Å². The van der Waals surface area contributed by atoms with Crippen molar-refractivity contribution in [1.29, 1.82) is 0 Å². The summed E-state index contributed by atoms with van der Waals surface area (Å²) in [5, 5.41) is 0. The third kappa shape index (κ3) is 2.11. The molecule has 0 aromatic heterocycles. The van der Waals surface area contributed by atoms with E-state index in [0.717, 1.165) is 0 Å². The molecule has 0 aromatic carbocycles. The summed E-state index contributed by atoms with van der Waals surface area (Å²) in [5.41, 5.74) is 0. The molecule has 1 rings (SSSR count). The molecule has 1 aliphatic rings. The van der Waals surface area contributed by atoms with Gasteiger partial charge in [-0.2, -0.15) is 0 Å². The first-order valence-electron chi connectivity index (χ1n) is 3.38. The highest BCUT2D eigenvalue weighted by atomic mass is 16.6. The van der Waals surface area contributed by atoms with Crippen LogP contribution in [0.2, 0.25) is 0 Å². The molecule has 0 N–H and O–H groups in total. The van der Waals surface area contributed by atoms with E-state index in [2.05, 4.69) is 0 Å². The standard InChI is InChI=1S/C8H9O3/c1-2-10-8(9)7-5-3-4-6-11-7/h3-6H,2H2,1H3. The Morgan fingerprint density at radius 1 is 1.64 bits per heavy atom. The second kappa shape index (κ2) is 3.81. The summed E-state index contributed by atoms with van der Waals surface area (Å²) in [7, 11) is 0. The number of hydrogen-bond donors (Lipinski definition) is 0. The Hall–Kier alpha value is -1.25. The van der Waals surface area contributed by atoms with Crippen LogP contribution in [0.4, 0.5) is 0 Å². The van der Waals surface area contributed by atoms with Crippen LogP contribution in [0.25, 0.3) is 0 Å². The Balaban J connectivity index is 2.42. The van der Waals surface area contributed by atoms with Gasteiger partial charge >= 0.3 is 5.97 Å². The zero-order chi connectivity index (χ0) is 8.10. The number of hydrogen-bond acceptors (Lipinski definition) is 3. The molecule has 3 heteroatoms. The van der Waals surface area contributed by atoms with Crippen molar-refractivity contribution < 1.29 is 14.3 Å². The van der Waals surface area contributed by atoms with E-state index in [0.29, 0.717) is 6.61 Å². The van der Waals surface area contributed by atoms with Gasteiger partial charge in [0.25, 0.3) is 6.10 Å². The second-order valence-corrected chi connectivity index (χ2v) is 1.89. The Bertz CT molecular complexity index is 194. The average Bonchev–Trinajstić information content (AvgIpc) is 2.07. The van der Waals surface area contributed by atoms with Crippen molar-refractivity contribution in [3.8, 4) is 0 Å². The molecule has 0 aromatic rings. The molecule has 0 atom stereocenters. The van der Waals surface area contributed by atoms with Gasteiger partial charge in [-0.25, -0.2) is 4.79 Å². The minimum absolute atomic E-state index is 0.231. The summed E-state index contributed by atoms with van der Waals surface area (Å²) in [6.07, 6.45) is 6.65. The summed E-state index contributed by atoms with van der Waals surface area (Å²) in [6, 6.07) is 0. The molecule has 0 saturated carbocycles. The van der Waals surface area contributed by atoms with Gasteiger partial charge in [-0.3, -0.25) is 0 Å². The third-order valence-electron chi connectivity index (χ3n) is 1.11. The summed E-state index contributed by atoms with van der Waals surface area (Å²) >= 11 is 0. The van der Waals surface area contributed by atoms with Gasteiger partial charge in [-0.15, -0.1) is 0 Å². The molecule has 0 saturated heterocycles.